The number of rotatable bonds is 2. The van der Waals surface area contributed by atoms with Crippen LogP contribution in [-0.4, -0.2) is 6.03 Å². The van der Waals surface area contributed by atoms with Crippen molar-refractivity contribution < 1.29 is 4.79 Å². The number of nitrogens with one attached hydrogen (secondary N) is 2. The zero-order chi connectivity index (χ0) is 12.3. The monoisotopic (exact) mass is 310 g/mol. The van der Waals surface area contributed by atoms with Gasteiger partial charge in [-0.25, -0.2) is 4.79 Å². The van der Waals surface area contributed by atoms with Gasteiger partial charge in [0.05, 0.1) is 10.7 Å². The van der Waals surface area contributed by atoms with Crippen LogP contribution in [0.25, 0.3) is 0 Å². The third-order valence-electron chi connectivity index (χ3n) is 2.13. The van der Waals surface area contributed by atoms with Crippen molar-refractivity contribution in [3.05, 3.63) is 45.7 Å². The molecule has 2 aromatic rings. The summed E-state index contributed by atoms with van der Waals surface area (Å²) in [6.45, 7) is 2.00. The average molecular weight is 311 g/mol. The van der Waals surface area contributed by atoms with E-state index in [4.69, 9.17) is 0 Å². The first-order valence-electron chi connectivity index (χ1n) is 5.03. The fourth-order valence-corrected chi connectivity index (χ4v) is 2.54. The van der Waals surface area contributed by atoms with Gasteiger partial charge in [-0.2, -0.15) is 0 Å². The molecule has 0 radical (unpaired) electrons. The molecule has 2 N–H and O–H groups in total. The van der Waals surface area contributed by atoms with E-state index >= 15 is 0 Å². The fourth-order valence-electron chi connectivity index (χ4n) is 1.34. The number of hydrogen-bond acceptors (Lipinski definition) is 2. The number of hydrogen-bond donors (Lipinski definition) is 2. The summed E-state index contributed by atoms with van der Waals surface area (Å²) in [5, 5.41) is 8.28. The Morgan fingerprint density at radius 1 is 1.29 bits per heavy atom. The molecule has 1 aromatic carbocycles. The Kier molecular flexibility index (Phi) is 3.81. The minimum atomic E-state index is -0.239. The van der Waals surface area contributed by atoms with Gasteiger partial charge in [0.1, 0.15) is 0 Å². The standard InChI is InChI=1S/C12H11BrN2OS/c1-8-4-5-10(9(13)7-8)14-12(16)15-11-3-2-6-17-11/h2-7H,1H3,(H2,14,15,16). The molecule has 1 aromatic heterocycles. The smallest absolute Gasteiger partial charge is 0.307 e. The van der Waals surface area contributed by atoms with E-state index in [1.165, 1.54) is 11.3 Å². The van der Waals surface area contributed by atoms with Crippen molar-refractivity contribution in [2.45, 2.75) is 6.92 Å². The molecule has 3 nitrogen and oxygen atoms in total. The molecule has 0 spiro atoms. The Balaban J connectivity index is 2.03. The van der Waals surface area contributed by atoms with Crippen molar-refractivity contribution in [3.63, 3.8) is 0 Å². The Bertz CT molecular complexity index is 525. The maximum Gasteiger partial charge on any atom is 0.324 e. The molecule has 0 fully saturated rings. The molecule has 0 saturated carbocycles. The minimum Gasteiger partial charge on any atom is -0.307 e. The highest BCUT2D eigenvalue weighted by atomic mass is 79.9. The maximum absolute atomic E-state index is 11.7. The minimum absolute atomic E-state index is 0.239. The number of aryl methyl sites for hydroxylation is 1. The van der Waals surface area contributed by atoms with Gasteiger partial charge in [0.15, 0.2) is 0 Å². The topological polar surface area (TPSA) is 41.1 Å². The van der Waals surface area contributed by atoms with E-state index in [1.54, 1.807) is 0 Å². The van der Waals surface area contributed by atoms with Gasteiger partial charge in [-0.15, -0.1) is 11.3 Å². The molecule has 2 amide bonds. The second-order valence-electron chi connectivity index (χ2n) is 3.54. The summed E-state index contributed by atoms with van der Waals surface area (Å²) in [5.41, 5.74) is 1.89. The second kappa shape index (κ2) is 5.33. The molecule has 0 aliphatic carbocycles. The summed E-state index contributed by atoms with van der Waals surface area (Å²) < 4.78 is 0.874. The van der Waals surface area contributed by atoms with Gasteiger partial charge in [0.2, 0.25) is 0 Å². The number of amides is 2. The first-order valence-corrected chi connectivity index (χ1v) is 6.70. The molecule has 5 heteroatoms. The lowest BCUT2D eigenvalue weighted by Crippen LogP contribution is -2.18. The van der Waals surface area contributed by atoms with Crippen LogP contribution in [-0.2, 0) is 0 Å². The highest BCUT2D eigenvalue weighted by Gasteiger charge is 2.05. The van der Waals surface area contributed by atoms with Crippen molar-refractivity contribution >= 4 is 44.0 Å². The molecule has 1 heterocycles. The summed E-state index contributed by atoms with van der Waals surface area (Å²) in [4.78, 5) is 11.7. The highest BCUT2D eigenvalue weighted by molar-refractivity contribution is 9.10. The number of thiophene rings is 1. The molecular weight excluding hydrogens is 300 g/mol. The van der Waals surface area contributed by atoms with Gasteiger partial charge >= 0.3 is 6.03 Å². The molecule has 88 valence electrons. The van der Waals surface area contributed by atoms with E-state index in [1.807, 2.05) is 42.6 Å². The molecule has 2 rings (SSSR count). The van der Waals surface area contributed by atoms with Gasteiger partial charge in [0, 0.05) is 4.47 Å². The zero-order valence-electron chi connectivity index (χ0n) is 9.16. The predicted octanol–water partition coefficient (Wildman–Crippen LogP) is 4.46. The largest absolute Gasteiger partial charge is 0.324 e. The van der Waals surface area contributed by atoms with Crippen LogP contribution in [0.4, 0.5) is 15.5 Å². The van der Waals surface area contributed by atoms with Crippen molar-refractivity contribution in [1.82, 2.24) is 0 Å². The Morgan fingerprint density at radius 3 is 2.76 bits per heavy atom. The number of anilines is 2. The van der Waals surface area contributed by atoms with E-state index < -0.39 is 0 Å². The van der Waals surface area contributed by atoms with Crippen molar-refractivity contribution in [3.8, 4) is 0 Å². The van der Waals surface area contributed by atoms with Crippen LogP contribution in [0.15, 0.2) is 40.2 Å². The third kappa shape index (κ3) is 3.31. The zero-order valence-corrected chi connectivity index (χ0v) is 11.6. The Hall–Kier alpha value is -1.33. The Morgan fingerprint density at radius 2 is 2.12 bits per heavy atom. The van der Waals surface area contributed by atoms with Crippen LogP contribution in [0.1, 0.15) is 5.56 Å². The van der Waals surface area contributed by atoms with E-state index in [2.05, 4.69) is 26.6 Å². The van der Waals surface area contributed by atoms with Gasteiger partial charge in [0.25, 0.3) is 0 Å². The van der Waals surface area contributed by atoms with Crippen LogP contribution in [0.3, 0.4) is 0 Å². The van der Waals surface area contributed by atoms with Crippen LogP contribution >= 0.6 is 27.3 Å². The number of urea groups is 1. The van der Waals surface area contributed by atoms with Crippen molar-refractivity contribution in [2.24, 2.45) is 0 Å². The van der Waals surface area contributed by atoms with Crippen LogP contribution in [0, 0.1) is 6.92 Å². The van der Waals surface area contributed by atoms with E-state index in [9.17, 15) is 4.79 Å². The fraction of sp³-hybridized carbons (Fsp3) is 0.0833. The molecule has 0 saturated heterocycles. The maximum atomic E-state index is 11.7. The third-order valence-corrected chi connectivity index (χ3v) is 3.57. The van der Waals surface area contributed by atoms with Gasteiger partial charge in [-0.3, -0.25) is 5.32 Å². The van der Waals surface area contributed by atoms with Gasteiger partial charge < -0.3 is 5.32 Å². The van der Waals surface area contributed by atoms with Crippen molar-refractivity contribution in [2.75, 3.05) is 10.6 Å². The molecule has 0 atom stereocenters. The first kappa shape index (κ1) is 12.1. The summed E-state index contributed by atoms with van der Waals surface area (Å²) >= 11 is 4.90. The normalized spacial score (nSPS) is 10.0. The van der Waals surface area contributed by atoms with E-state index in [-0.39, 0.29) is 6.03 Å². The highest BCUT2D eigenvalue weighted by Crippen LogP contribution is 2.23. The van der Waals surface area contributed by atoms with Gasteiger partial charge in [-0.05, 0) is 58.1 Å². The molecule has 17 heavy (non-hydrogen) atoms. The second-order valence-corrected chi connectivity index (χ2v) is 5.34. The SMILES string of the molecule is Cc1ccc(NC(=O)Nc2cccs2)c(Br)c1. The predicted molar refractivity (Wildman–Crippen MR) is 75.8 cm³/mol. The molecule has 0 aliphatic heterocycles. The number of benzene rings is 1. The number of halogens is 1. The summed E-state index contributed by atoms with van der Waals surface area (Å²) in [7, 11) is 0. The average Bonchev–Trinajstić information content (AvgIpc) is 2.75. The van der Waals surface area contributed by atoms with E-state index in [0.717, 1.165) is 20.7 Å². The lowest BCUT2D eigenvalue weighted by atomic mass is 10.2. The quantitative estimate of drug-likeness (QED) is 0.844. The lowest BCUT2D eigenvalue weighted by molar-refractivity contribution is 0.262. The molecule has 0 bridgehead atoms. The van der Waals surface area contributed by atoms with E-state index in [0.29, 0.717) is 0 Å². The number of carbonyl (C=O) groups excluding carboxylic acids is 1. The number of carbonyl (C=O) groups is 1. The molecular formula is C12H11BrN2OS. The van der Waals surface area contributed by atoms with Crippen LogP contribution in [0.5, 0.6) is 0 Å². The molecule has 0 aliphatic rings. The summed E-state index contributed by atoms with van der Waals surface area (Å²) in [5.74, 6) is 0. The molecule has 0 unspecified atom stereocenters. The van der Waals surface area contributed by atoms with Crippen LogP contribution in [0.2, 0.25) is 0 Å². The van der Waals surface area contributed by atoms with Crippen LogP contribution < -0.4 is 10.6 Å². The summed E-state index contributed by atoms with van der Waals surface area (Å²) in [6.07, 6.45) is 0. The van der Waals surface area contributed by atoms with Crippen molar-refractivity contribution in [1.29, 1.82) is 0 Å². The Labute approximate surface area is 112 Å². The summed E-state index contributed by atoms with van der Waals surface area (Å²) in [6, 6.07) is 9.29. The lowest BCUT2D eigenvalue weighted by Gasteiger charge is -2.08. The van der Waals surface area contributed by atoms with Gasteiger partial charge in [-0.1, -0.05) is 6.07 Å². The first-order chi connectivity index (χ1) is 8.15.